The first-order valence-electron chi connectivity index (χ1n) is 7.90. The Morgan fingerprint density at radius 1 is 1.15 bits per heavy atom. The summed E-state index contributed by atoms with van der Waals surface area (Å²) in [4.78, 5) is 0. The van der Waals surface area contributed by atoms with E-state index in [2.05, 4.69) is 58.1 Å². The second-order valence-corrected chi connectivity index (χ2v) is 5.72. The van der Waals surface area contributed by atoms with E-state index in [-0.39, 0.29) is 11.6 Å². The molecule has 1 atom stereocenters. The lowest BCUT2D eigenvalue weighted by Gasteiger charge is -2.40. The topological polar surface area (TPSA) is 21.3 Å². The average molecular weight is 277 g/mol. The Balaban J connectivity index is 3.23. The van der Waals surface area contributed by atoms with Crippen molar-refractivity contribution in [2.24, 2.45) is 0 Å². The zero-order valence-electron chi connectivity index (χ0n) is 14.0. The van der Waals surface area contributed by atoms with Crippen LogP contribution in [0.2, 0.25) is 0 Å². The van der Waals surface area contributed by atoms with Crippen LogP contribution in [-0.2, 0) is 4.74 Å². The lowest BCUT2D eigenvalue weighted by Crippen LogP contribution is -2.45. The molecule has 1 unspecified atom stereocenters. The van der Waals surface area contributed by atoms with Crippen LogP contribution < -0.4 is 5.32 Å². The molecule has 1 N–H and O–H groups in total. The highest BCUT2D eigenvalue weighted by Crippen LogP contribution is 2.36. The van der Waals surface area contributed by atoms with Gasteiger partial charge < -0.3 is 10.1 Å². The third-order valence-electron chi connectivity index (χ3n) is 4.46. The van der Waals surface area contributed by atoms with Gasteiger partial charge in [-0.1, -0.05) is 44.5 Å². The Bertz CT molecular complexity index is 402. The molecule has 1 aromatic carbocycles. The number of ether oxygens (including phenoxy) is 1. The van der Waals surface area contributed by atoms with Crippen LogP contribution in [0.15, 0.2) is 18.2 Å². The third kappa shape index (κ3) is 3.62. The van der Waals surface area contributed by atoms with Gasteiger partial charge in [0.1, 0.15) is 0 Å². The van der Waals surface area contributed by atoms with Crippen molar-refractivity contribution in [1.82, 2.24) is 5.32 Å². The SMILES string of the molecule is CCCNC(c1ccc(C)cc1C)C(CC)(CC)OC. The molecule has 0 amide bonds. The van der Waals surface area contributed by atoms with Gasteiger partial charge in [0.15, 0.2) is 0 Å². The lowest BCUT2D eigenvalue weighted by atomic mass is 9.82. The van der Waals surface area contributed by atoms with Crippen molar-refractivity contribution < 1.29 is 4.74 Å². The first kappa shape index (κ1) is 17.2. The van der Waals surface area contributed by atoms with E-state index >= 15 is 0 Å². The fraction of sp³-hybridized carbons (Fsp3) is 0.667. The second kappa shape index (κ2) is 7.80. The van der Waals surface area contributed by atoms with Crippen molar-refractivity contribution in [2.75, 3.05) is 13.7 Å². The summed E-state index contributed by atoms with van der Waals surface area (Å²) in [7, 11) is 1.84. The molecule has 20 heavy (non-hydrogen) atoms. The van der Waals surface area contributed by atoms with E-state index in [4.69, 9.17) is 4.74 Å². The minimum Gasteiger partial charge on any atom is -0.376 e. The Hall–Kier alpha value is -0.860. The number of nitrogens with one attached hydrogen (secondary N) is 1. The summed E-state index contributed by atoms with van der Waals surface area (Å²) in [5, 5.41) is 3.71. The zero-order valence-corrected chi connectivity index (χ0v) is 14.0. The molecule has 0 heterocycles. The van der Waals surface area contributed by atoms with E-state index in [1.807, 2.05) is 7.11 Å². The minimum atomic E-state index is -0.130. The van der Waals surface area contributed by atoms with E-state index < -0.39 is 0 Å². The minimum absolute atomic E-state index is 0.130. The van der Waals surface area contributed by atoms with Crippen molar-refractivity contribution in [3.63, 3.8) is 0 Å². The van der Waals surface area contributed by atoms with Crippen LogP contribution in [0, 0.1) is 13.8 Å². The van der Waals surface area contributed by atoms with Gasteiger partial charge in [-0.05, 0) is 50.8 Å². The molecule has 0 fully saturated rings. The van der Waals surface area contributed by atoms with Gasteiger partial charge in [0.2, 0.25) is 0 Å². The number of rotatable bonds is 8. The van der Waals surface area contributed by atoms with Gasteiger partial charge in [-0.25, -0.2) is 0 Å². The first-order chi connectivity index (χ1) is 9.54. The maximum atomic E-state index is 5.97. The summed E-state index contributed by atoms with van der Waals surface area (Å²) in [5.74, 6) is 0. The molecule has 0 aliphatic heterocycles. The Labute approximate surface area is 124 Å². The van der Waals surface area contributed by atoms with E-state index in [0.717, 1.165) is 25.8 Å². The van der Waals surface area contributed by atoms with Crippen molar-refractivity contribution in [1.29, 1.82) is 0 Å². The predicted octanol–water partition coefficient (Wildman–Crippen LogP) is 4.55. The summed E-state index contributed by atoms with van der Waals surface area (Å²) in [6, 6.07) is 6.98. The lowest BCUT2D eigenvalue weighted by molar-refractivity contribution is -0.0487. The molecule has 2 heteroatoms. The highest BCUT2D eigenvalue weighted by molar-refractivity contribution is 5.34. The van der Waals surface area contributed by atoms with Crippen LogP contribution in [0.4, 0.5) is 0 Å². The van der Waals surface area contributed by atoms with Gasteiger partial charge in [-0.2, -0.15) is 0 Å². The van der Waals surface area contributed by atoms with Gasteiger partial charge in [-0.3, -0.25) is 0 Å². The highest BCUT2D eigenvalue weighted by atomic mass is 16.5. The first-order valence-corrected chi connectivity index (χ1v) is 7.90. The number of methoxy groups -OCH3 is 1. The molecule has 0 spiro atoms. The van der Waals surface area contributed by atoms with Crippen LogP contribution >= 0.6 is 0 Å². The molecule has 0 aliphatic rings. The molecule has 0 bridgehead atoms. The Kier molecular flexibility index (Phi) is 6.70. The summed E-state index contributed by atoms with van der Waals surface area (Å²) in [6.45, 7) is 12.0. The zero-order chi connectivity index (χ0) is 15.2. The van der Waals surface area contributed by atoms with Gasteiger partial charge in [-0.15, -0.1) is 0 Å². The van der Waals surface area contributed by atoms with Gasteiger partial charge >= 0.3 is 0 Å². The molecule has 0 aliphatic carbocycles. The van der Waals surface area contributed by atoms with E-state index in [1.54, 1.807) is 0 Å². The van der Waals surface area contributed by atoms with Crippen molar-refractivity contribution >= 4 is 0 Å². The molecular formula is C18H31NO. The Morgan fingerprint density at radius 2 is 1.80 bits per heavy atom. The Morgan fingerprint density at radius 3 is 2.25 bits per heavy atom. The molecular weight excluding hydrogens is 246 g/mol. The molecule has 114 valence electrons. The largest absolute Gasteiger partial charge is 0.376 e. The standard InChI is InChI=1S/C18H31NO/c1-7-12-19-17(18(8-2,9-3)20-6)16-11-10-14(4)13-15(16)5/h10-11,13,17,19H,7-9,12H2,1-6H3. The van der Waals surface area contributed by atoms with E-state index in [9.17, 15) is 0 Å². The van der Waals surface area contributed by atoms with Gasteiger partial charge in [0, 0.05) is 7.11 Å². The molecule has 0 saturated heterocycles. The van der Waals surface area contributed by atoms with Gasteiger partial charge in [0.25, 0.3) is 0 Å². The fourth-order valence-electron chi connectivity index (χ4n) is 3.08. The normalized spacial score (nSPS) is 13.5. The third-order valence-corrected chi connectivity index (χ3v) is 4.46. The summed E-state index contributed by atoms with van der Waals surface area (Å²) >= 11 is 0. The van der Waals surface area contributed by atoms with Crippen LogP contribution in [-0.4, -0.2) is 19.3 Å². The monoisotopic (exact) mass is 277 g/mol. The molecule has 0 aromatic heterocycles. The highest BCUT2D eigenvalue weighted by Gasteiger charge is 2.37. The van der Waals surface area contributed by atoms with Crippen LogP contribution in [0.3, 0.4) is 0 Å². The molecule has 0 radical (unpaired) electrons. The van der Waals surface area contributed by atoms with Crippen LogP contribution in [0.25, 0.3) is 0 Å². The van der Waals surface area contributed by atoms with Crippen LogP contribution in [0.1, 0.15) is 62.8 Å². The van der Waals surface area contributed by atoms with Crippen LogP contribution in [0.5, 0.6) is 0 Å². The fourth-order valence-corrected chi connectivity index (χ4v) is 3.08. The van der Waals surface area contributed by atoms with Crippen molar-refractivity contribution in [3.8, 4) is 0 Å². The van der Waals surface area contributed by atoms with Crippen molar-refractivity contribution in [3.05, 3.63) is 34.9 Å². The molecule has 2 nitrogen and oxygen atoms in total. The molecule has 1 rings (SSSR count). The van der Waals surface area contributed by atoms with E-state index in [0.29, 0.717) is 0 Å². The quantitative estimate of drug-likeness (QED) is 0.752. The maximum Gasteiger partial charge on any atom is 0.0867 e. The summed E-state index contributed by atoms with van der Waals surface area (Å²) in [5.41, 5.74) is 3.91. The molecule has 1 aromatic rings. The smallest absolute Gasteiger partial charge is 0.0867 e. The van der Waals surface area contributed by atoms with E-state index in [1.165, 1.54) is 16.7 Å². The maximum absolute atomic E-state index is 5.97. The second-order valence-electron chi connectivity index (χ2n) is 5.72. The van der Waals surface area contributed by atoms with Gasteiger partial charge in [0.05, 0.1) is 11.6 Å². The summed E-state index contributed by atoms with van der Waals surface area (Å²) < 4.78 is 5.97. The molecule has 0 saturated carbocycles. The number of hydrogen-bond donors (Lipinski definition) is 1. The van der Waals surface area contributed by atoms with Crippen molar-refractivity contribution in [2.45, 2.75) is 65.5 Å². The number of hydrogen-bond acceptors (Lipinski definition) is 2. The number of aryl methyl sites for hydroxylation is 2. The summed E-state index contributed by atoms with van der Waals surface area (Å²) in [6.07, 6.45) is 3.15. The average Bonchev–Trinajstić information content (AvgIpc) is 2.45. The number of benzene rings is 1. The predicted molar refractivity (Wildman–Crippen MR) is 87.3 cm³/mol.